The van der Waals surface area contributed by atoms with E-state index < -0.39 is 5.97 Å². The first kappa shape index (κ1) is 12.1. The number of carbonyl (C=O) groups is 1. The fourth-order valence-corrected chi connectivity index (χ4v) is 3.06. The summed E-state index contributed by atoms with van der Waals surface area (Å²) < 4.78 is 0. The van der Waals surface area contributed by atoms with Gasteiger partial charge < -0.3 is 10.4 Å². The van der Waals surface area contributed by atoms with Crippen LogP contribution in [-0.4, -0.2) is 22.6 Å². The lowest BCUT2D eigenvalue weighted by molar-refractivity contribution is -0.141. The summed E-state index contributed by atoms with van der Waals surface area (Å²) in [5.74, 6) is -1.11. The van der Waals surface area contributed by atoms with Crippen molar-refractivity contribution in [2.45, 2.75) is 6.42 Å². The van der Waals surface area contributed by atoms with Gasteiger partial charge in [-0.05, 0) is 35.6 Å². The molecule has 0 radical (unpaired) electrons. The highest BCUT2D eigenvalue weighted by atomic mass is 16.4. The zero-order valence-electron chi connectivity index (χ0n) is 11.3. The van der Waals surface area contributed by atoms with Gasteiger partial charge in [-0.25, -0.2) is 0 Å². The lowest BCUT2D eigenvalue weighted by Crippen LogP contribution is -2.29. The Morgan fingerprint density at radius 2 is 2.14 bits per heavy atom. The molecule has 1 aromatic heterocycles. The number of carboxylic acid groups (broad SMARTS) is 1. The van der Waals surface area contributed by atoms with E-state index in [1.807, 2.05) is 24.4 Å². The van der Waals surface area contributed by atoms with Crippen LogP contribution in [0, 0.1) is 5.92 Å². The van der Waals surface area contributed by atoms with Gasteiger partial charge >= 0.3 is 5.97 Å². The highest BCUT2D eigenvalue weighted by molar-refractivity contribution is 6.03. The SMILES string of the molecule is O=C(O)C1CNc2c(cccc3cc4ccnc4cc23)C1. The minimum atomic E-state index is -0.746. The van der Waals surface area contributed by atoms with E-state index in [4.69, 9.17) is 0 Å². The summed E-state index contributed by atoms with van der Waals surface area (Å²) in [4.78, 5) is 15.6. The summed E-state index contributed by atoms with van der Waals surface area (Å²) in [5.41, 5.74) is 3.06. The van der Waals surface area contributed by atoms with Crippen molar-refractivity contribution in [1.82, 2.24) is 4.98 Å². The Balaban J connectivity index is 1.98. The molecule has 1 aliphatic heterocycles. The minimum Gasteiger partial charge on any atom is -0.481 e. The normalized spacial score (nSPS) is 17.4. The topological polar surface area (TPSA) is 62.2 Å². The first-order valence-corrected chi connectivity index (χ1v) is 6.99. The highest BCUT2D eigenvalue weighted by Crippen LogP contribution is 2.33. The third-order valence-electron chi connectivity index (χ3n) is 4.17. The molecule has 2 N–H and O–H groups in total. The Hall–Kier alpha value is -2.62. The number of nitrogens with zero attached hydrogens (tertiary/aromatic N) is 1. The Bertz CT molecular complexity index is 873. The second-order valence-corrected chi connectivity index (χ2v) is 5.49. The van der Waals surface area contributed by atoms with Crippen molar-refractivity contribution in [2.75, 3.05) is 11.9 Å². The number of anilines is 1. The molecule has 0 fully saturated rings. The molecule has 3 aromatic rings. The fraction of sp³-hybridized carbons (Fsp3) is 0.176. The summed E-state index contributed by atoms with van der Waals surface area (Å²) in [5, 5.41) is 15.9. The molecule has 4 rings (SSSR count). The molecule has 2 heterocycles. The van der Waals surface area contributed by atoms with Gasteiger partial charge in [-0.2, -0.15) is 0 Å². The zero-order valence-corrected chi connectivity index (χ0v) is 11.3. The maximum absolute atomic E-state index is 11.2. The van der Waals surface area contributed by atoms with Gasteiger partial charge in [0.25, 0.3) is 0 Å². The fourth-order valence-electron chi connectivity index (χ4n) is 3.06. The zero-order chi connectivity index (χ0) is 14.4. The van der Waals surface area contributed by atoms with E-state index in [9.17, 15) is 9.90 Å². The van der Waals surface area contributed by atoms with Gasteiger partial charge in [0.1, 0.15) is 0 Å². The third kappa shape index (κ3) is 1.91. The number of rotatable bonds is 1. The number of hydrogen-bond acceptors (Lipinski definition) is 3. The molecule has 21 heavy (non-hydrogen) atoms. The summed E-state index contributed by atoms with van der Waals surface area (Å²) in [7, 11) is 0. The maximum Gasteiger partial charge on any atom is 0.308 e. The summed E-state index contributed by atoms with van der Waals surface area (Å²) in [6.45, 7) is 0.466. The predicted molar refractivity (Wildman–Crippen MR) is 82.6 cm³/mol. The third-order valence-corrected chi connectivity index (χ3v) is 4.17. The van der Waals surface area contributed by atoms with Crippen molar-refractivity contribution in [1.29, 1.82) is 0 Å². The Morgan fingerprint density at radius 3 is 3.00 bits per heavy atom. The van der Waals surface area contributed by atoms with Gasteiger partial charge in [-0.1, -0.05) is 18.2 Å². The molecule has 2 aromatic carbocycles. The van der Waals surface area contributed by atoms with Crippen LogP contribution < -0.4 is 5.32 Å². The highest BCUT2D eigenvalue weighted by Gasteiger charge is 2.24. The van der Waals surface area contributed by atoms with Crippen molar-refractivity contribution in [3.8, 4) is 0 Å². The monoisotopic (exact) mass is 278 g/mol. The van der Waals surface area contributed by atoms with E-state index >= 15 is 0 Å². The van der Waals surface area contributed by atoms with Gasteiger partial charge in [0.15, 0.2) is 0 Å². The number of hydrogen-bond donors (Lipinski definition) is 2. The number of aromatic nitrogens is 1. The van der Waals surface area contributed by atoms with Crippen molar-refractivity contribution in [2.24, 2.45) is 5.92 Å². The minimum absolute atomic E-state index is 0.365. The summed E-state index contributed by atoms with van der Waals surface area (Å²) >= 11 is 0. The molecule has 1 aliphatic rings. The Labute approximate surface area is 121 Å². The summed E-state index contributed by atoms with van der Waals surface area (Å²) in [6.07, 6.45) is 2.37. The van der Waals surface area contributed by atoms with E-state index in [-0.39, 0.29) is 5.92 Å². The van der Waals surface area contributed by atoms with Gasteiger partial charge in [0, 0.05) is 29.2 Å². The second kappa shape index (κ2) is 4.45. The molecule has 1 unspecified atom stereocenters. The second-order valence-electron chi connectivity index (χ2n) is 5.49. The van der Waals surface area contributed by atoms with Crippen LogP contribution in [0.3, 0.4) is 0 Å². The molecular formula is C17H14N2O2. The Kier molecular flexibility index (Phi) is 2.57. The van der Waals surface area contributed by atoms with Gasteiger partial charge in [-0.3, -0.25) is 9.78 Å². The smallest absolute Gasteiger partial charge is 0.308 e. The van der Waals surface area contributed by atoms with Crippen LogP contribution in [0.15, 0.2) is 42.6 Å². The lowest BCUT2D eigenvalue weighted by Gasteiger charge is -2.23. The molecule has 4 nitrogen and oxygen atoms in total. The molecule has 0 saturated heterocycles. The number of fused-ring (bicyclic) bond motifs is 4. The van der Waals surface area contributed by atoms with Crippen LogP contribution in [0.25, 0.3) is 21.7 Å². The van der Waals surface area contributed by atoms with Gasteiger partial charge in [0.05, 0.1) is 11.4 Å². The Morgan fingerprint density at radius 1 is 1.24 bits per heavy atom. The van der Waals surface area contributed by atoms with E-state index in [1.54, 1.807) is 0 Å². The van der Waals surface area contributed by atoms with Crippen molar-refractivity contribution < 1.29 is 9.90 Å². The number of nitrogens with one attached hydrogen (secondary N) is 1. The van der Waals surface area contributed by atoms with Crippen LogP contribution in [0.5, 0.6) is 0 Å². The molecule has 0 bridgehead atoms. The molecule has 1 atom stereocenters. The largest absolute Gasteiger partial charge is 0.481 e. The lowest BCUT2D eigenvalue weighted by atomic mass is 9.94. The number of aliphatic carboxylic acids is 1. The maximum atomic E-state index is 11.2. The molecule has 4 heteroatoms. The molecule has 0 amide bonds. The van der Waals surface area contributed by atoms with Crippen molar-refractivity contribution in [3.05, 3.63) is 48.2 Å². The van der Waals surface area contributed by atoms with Gasteiger partial charge in [-0.15, -0.1) is 0 Å². The molecule has 104 valence electrons. The summed E-state index contributed by atoms with van der Waals surface area (Å²) in [6, 6.07) is 12.3. The molecular weight excluding hydrogens is 264 g/mol. The molecule has 0 aliphatic carbocycles. The first-order chi connectivity index (χ1) is 10.2. The first-order valence-electron chi connectivity index (χ1n) is 6.99. The van der Waals surface area contributed by atoms with Gasteiger partial charge in [0.2, 0.25) is 0 Å². The average molecular weight is 278 g/mol. The molecule has 0 saturated carbocycles. The average Bonchev–Trinajstić information content (AvgIpc) is 2.85. The van der Waals surface area contributed by atoms with Crippen LogP contribution in [-0.2, 0) is 11.2 Å². The number of carboxylic acids is 1. The van der Waals surface area contributed by atoms with Crippen LogP contribution in [0.1, 0.15) is 5.56 Å². The number of benzene rings is 1. The van der Waals surface area contributed by atoms with Crippen molar-refractivity contribution in [3.63, 3.8) is 0 Å². The van der Waals surface area contributed by atoms with Crippen LogP contribution in [0.4, 0.5) is 5.69 Å². The van der Waals surface area contributed by atoms with Crippen LogP contribution >= 0.6 is 0 Å². The van der Waals surface area contributed by atoms with Crippen LogP contribution in [0.2, 0.25) is 0 Å². The standard InChI is InChI=1S/C17H14N2O2/c20-17(21)13-7-12-3-1-2-10-6-11-4-5-18-15(11)8-14(10)16(12)19-9-13/h1-6,8,13,19H,7,9H2,(H,20,21). The molecule has 0 spiro atoms. The van der Waals surface area contributed by atoms with E-state index in [0.29, 0.717) is 13.0 Å². The van der Waals surface area contributed by atoms with E-state index in [0.717, 1.165) is 32.9 Å². The van der Waals surface area contributed by atoms with E-state index in [1.165, 1.54) is 0 Å². The van der Waals surface area contributed by atoms with E-state index in [2.05, 4.69) is 28.5 Å². The predicted octanol–water partition coefficient (Wildman–Crippen LogP) is 3.06. The van der Waals surface area contributed by atoms with Crippen molar-refractivity contribution >= 4 is 33.3 Å². The quantitative estimate of drug-likeness (QED) is 0.718.